The number of aromatic carboxylic acids is 1. The Hall–Kier alpha value is -1.84. The number of nitrogens with zero attached hydrogens (tertiary/aromatic N) is 1. The Kier molecular flexibility index (Phi) is 2.86. The van der Waals surface area contributed by atoms with E-state index in [-0.39, 0.29) is 11.5 Å². The molecule has 1 aromatic rings. The van der Waals surface area contributed by atoms with Gasteiger partial charge in [-0.3, -0.25) is 4.79 Å². The molecule has 1 aromatic carbocycles. The van der Waals surface area contributed by atoms with Crippen molar-refractivity contribution in [1.29, 1.82) is 0 Å². The maximum absolute atomic E-state index is 11.0. The second-order valence-corrected chi connectivity index (χ2v) is 2.93. The van der Waals surface area contributed by atoms with Crippen LogP contribution < -0.4 is 4.90 Å². The maximum Gasteiger partial charge on any atom is 0.335 e. The highest BCUT2D eigenvalue weighted by atomic mass is 16.4. The molecule has 4 heteroatoms. The molecule has 4 nitrogen and oxygen atoms in total. The van der Waals surface area contributed by atoms with Crippen LogP contribution in [0.2, 0.25) is 0 Å². The predicted octanol–water partition coefficient (Wildman–Crippen LogP) is 1.37. The van der Waals surface area contributed by atoms with Crippen LogP contribution in [0.3, 0.4) is 0 Å². The number of carboxylic acids is 1. The normalized spacial score (nSPS) is 9.57. The first-order valence-electron chi connectivity index (χ1n) is 4.10. The summed E-state index contributed by atoms with van der Waals surface area (Å²) in [5, 5.41) is 8.73. The molecule has 0 aliphatic rings. The Balaban J connectivity index is 3.05. The molecule has 1 N–H and O–H groups in total. The minimum atomic E-state index is -0.996. The van der Waals surface area contributed by atoms with Crippen molar-refractivity contribution < 1.29 is 14.7 Å². The molecule has 0 spiro atoms. The van der Waals surface area contributed by atoms with Gasteiger partial charge in [0.1, 0.15) is 0 Å². The van der Waals surface area contributed by atoms with Gasteiger partial charge < -0.3 is 10.0 Å². The minimum absolute atomic E-state index is 0.132. The second kappa shape index (κ2) is 3.91. The van der Waals surface area contributed by atoms with Gasteiger partial charge in [-0.2, -0.15) is 0 Å². The molecule has 0 aliphatic carbocycles. The van der Waals surface area contributed by atoms with E-state index in [9.17, 15) is 9.59 Å². The minimum Gasteiger partial charge on any atom is -0.478 e. The molecule has 0 saturated carbocycles. The summed E-state index contributed by atoms with van der Waals surface area (Å²) in [6.07, 6.45) is 0. The van der Waals surface area contributed by atoms with Gasteiger partial charge in [0, 0.05) is 19.7 Å². The van der Waals surface area contributed by atoms with E-state index in [4.69, 9.17) is 5.11 Å². The molecule has 0 unspecified atom stereocenters. The van der Waals surface area contributed by atoms with Crippen molar-refractivity contribution in [3.05, 3.63) is 29.8 Å². The number of carbonyl (C=O) groups excluding carboxylic acids is 1. The number of amides is 1. The van der Waals surface area contributed by atoms with Gasteiger partial charge >= 0.3 is 5.97 Å². The third-order valence-corrected chi connectivity index (χ3v) is 1.95. The quantitative estimate of drug-likeness (QED) is 0.771. The van der Waals surface area contributed by atoms with Gasteiger partial charge in [0.15, 0.2) is 0 Å². The van der Waals surface area contributed by atoms with Gasteiger partial charge in [0.25, 0.3) is 0 Å². The lowest BCUT2D eigenvalue weighted by atomic mass is 10.2. The van der Waals surface area contributed by atoms with E-state index >= 15 is 0 Å². The Morgan fingerprint density at radius 3 is 2.50 bits per heavy atom. The van der Waals surface area contributed by atoms with E-state index in [1.165, 1.54) is 24.0 Å². The van der Waals surface area contributed by atoms with E-state index < -0.39 is 5.97 Å². The molecule has 0 aromatic heterocycles. The summed E-state index contributed by atoms with van der Waals surface area (Å²) in [6.45, 7) is 1.42. The Labute approximate surface area is 81.8 Å². The third kappa shape index (κ3) is 2.10. The zero-order valence-corrected chi connectivity index (χ0v) is 8.02. The fraction of sp³-hybridized carbons (Fsp3) is 0.200. The van der Waals surface area contributed by atoms with Crippen molar-refractivity contribution in [2.45, 2.75) is 6.92 Å². The molecular formula is C10H11NO3. The molecule has 74 valence electrons. The van der Waals surface area contributed by atoms with Crippen LogP contribution in [0, 0.1) is 0 Å². The first-order chi connectivity index (χ1) is 6.52. The molecule has 0 fully saturated rings. The van der Waals surface area contributed by atoms with Crippen molar-refractivity contribution in [1.82, 2.24) is 0 Å². The smallest absolute Gasteiger partial charge is 0.335 e. The average Bonchev–Trinajstić information content (AvgIpc) is 2.16. The van der Waals surface area contributed by atoms with Crippen LogP contribution in [0.5, 0.6) is 0 Å². The first-order valence-corrected chi connectivity index (χ1v) is 4.10. The zero-order valence-electron chi connectivity index (χ0n) is 8.02. The van der Waals surface area contributed by atoms with Gasteiger partial charge in [0.2, 0.25) is 5.91 Å². The highest BCUT2D eigenvalue weighted by Gasteiger charge is 2.08. The highest BCUT2D eigenvalue weighted by Crippen LogP contribution is 2.14. The molecule has 0 radical (unpaired) electrons. The van der Waals surface area contributed by atoms with Crippen molar-refractivity contribution in [3.8, 4) is 0 Å². The zero-order chi connectivity index (χ0) is 10.7. The summed E-state index contributed by atoms with van der Waals surface area (Å²) in [6, 6.07) is 6.25. The van der Waals surface area contributed by atoms with Gasteiger partial charge in [0.05, 0.1) is 5.56 Å². The number of carbonyl (C=O) groups is 2. The van der Waals surface area contributed by atoms with Crippen LogP contribution >= 0.6 is 0 Å². The third-order valence-electron chi connectivity index (χ3n) is 1.95. The second-order valence-electron chi connectivity index (χ2n) is 2.93. The number of carboxylic acid groups (broad SMARTS) is 1. The van der Waals surface area contributed by atoms with Crippen LogP contribution in [-0.2, 0) is 4.79 Å². The lowest BCUT2D eigenvalue weighted by Gasteiger charge is -2.14. The Morgan fingerprint density at radius 1 is 1.36 bits per heavy atom. The summed E-state index contributed by atoms with van der Waals surface area (Å²) >= 11 is 0. The van der Waals surface area contributed by atoms with Crippen LogP contribution in [-0.4, -0.2) is 24.0 Å². The molecule has 0 bridgehead atoms. The van der Waals surface area contributed by atoms with E-state index in [2.05, 4.69) is 0 Å². The van der Waals surface area contributed by atoms with Crippen molar-refractivity contribution in [2.75, 3.05) is 11.9 Å². The largest absolute Gasteiger partial charge is 0.478 e. The molecular weight excluding hydrogens is 182 g/mol. The molecule has 0 aliphatic heterocycles. The lowest BCUT2D eigenvalue weighted by molar-refractivity contribution is -0.116. The van der Waals surface area contributed by atoms with Crippen LogP contribution in [0.1, 0.15) is 17.3 Å². The van der Waals surface area contributed by atoms with Crippen molar-refractivity contribution in [3.63, 3.8) is 0 Å². The number of benzene rings is 1. The van der Waals surface area contributed by atoms with Crippen molar-refractivity contribution in [2.24, 2.45) is 0 Å². The SMILES string of the molecule is CC(=O)N(C)c1cccc(C(=O)O)c1. The van der Waals surface area contributed by atoms with Crippen LogP contribution in [0.15, 0.2) is 24.3 Å². The molecule has 0 heterocycles. The topological polar surface area (TPSA) is 57.6 Å². The van der Waals surface area contributed by atoms with Crippen molar-refractivity contribution >= 4 is 17.6 Å². The first kappa shape index (κ1) is 10.2. The number of hydrogen-bond donors (Lipinski definition) is 1. The van der Waals surface area contributed by atoms with Gasteiger partial charge in [-0.05, 0) is 18.2 Å². The standard InChI is InChI=1S/C10H11NO3/c1-7(12)11(2)9-5-3-4-8(6-9)10(13)14/h3-6H,1-2H3,(H,13,14). The fourth-order valence-corrected chi connectivity index (χ4v) is 1.03. The number of hydrogen-bond acceptors (Lipinski definition) is 2. The summed E-state index contributed by atoms with van der Waals surface area (Å²) in [4.78, 5) is 23.0. The summed E-state index contributed by atoms with van der Waals surface area (Å²) in [5.41, 5.74) is 0.757. The van der Waals surface area contributed by atoms with Gasteiger partial charge in [-0.1, -0.05) is 6.07 Å². The fourth-order valence-electron chi connectivity index (χ4n) is 1.03. The molecule has 0 saturated heterocycles. The Morgan fingerprint density at radius 2 is 2.00 bits per heavy atom. The van der Waals surface area contributed by atoms with Crippen LogP contribution in [0.25, 0.3) is 0 Å². The number of rotatable bonds is 2. The van der Waals surface area contributed by atoms with E-state index in [0.29, 0.717) is 5.69 Å². The lowest BCUT2D eigenvalue weighted by Crippen LogP contribution is -2.22. The summed E-state index contributed by atoms with van der Waals surface area (Å²) in [5.74, 6) is -1.13. The summed E-state index contributed by atoms with van der Waals surface area (Å²) in [7, 11) is 1.60. The van der Waals surface area contributed by atoms with Gasteiger partial charge in [-0.25, -0.2) is 4.79 Å². The highest BCUT2D eigenvalue weighted by molar-refractivity contribution is 5.94. The van der Waals surface area contributed by atoms with Gasteiger partial charge in [-0.15, -0.1) is 0 Å². The Bertz CT molecular complexity index is 373. The predicted molar refractivity (Wildman–Crippen MR) is 52.5 cm³/mol. The maximum atomic E-state index is 11.0. The van der Waals surface area contributed by atoms with E-state index in [1.807, 2.05) is 0 Å². The summed E-state index contributed by atoms with van der Waals surface area (Å²) < 4.78 is 0. The number of anilines is 1. The molecule has 0 atom stereocenters. The molecule has 1 amide bonds. The monoisotopic (exact) mass is 193 g/mol. The average molecular weight is 193 g/mol. The van der Waals surface area contributed by atoms with Crippen LogP contribution in [0.4, 0.5) is 5.69 Å². The molecule has 14 heavy (non-hydrogen) atoms. The van der Waals surface area contributed by atoms with E-state index in [0.717, 1.165) is 0 Å². The molecule has 1 rings (SSSR count). The van der Waals surface area contributed by atoms with E-state index in [1.54, 1.807) is 19.2 Å².